The summed E-state index contributed by atoms with van der Waals surface area (Å²) >= 11 is 4.29. The summed E-state index contributed by atoms with van der Waals surface area (Å²) in [5.74, 6) is 0.457. The number of amides is 1. The summed E-state index contributed by atoms with van der Waals surface area (Å²) in [5, 5.41) is 0. The van der Waals surface area contributed by atoms with Gasteiger partial charge in [0.25, 0.3) is 5.91 Å². The molecule has 3 rings (SSSR count). The van der Waals surface area contributed by atoms with Crippen molar-refractivity contribution < 1.29 is 13.6 Å². The van der Waals surface area contributed by atoms with Gasteiger partial charge in [0.2, 0.25) is 0 Å². The monoisotopic (exact) mass is 406 g/mol. The summed E-state index contributed by atoms with van der Waals surface area (Å²) in [6.07, 6.45) is 5.33. The predicted molar refractivity (Wildman–Crippen MR) is 92.6 cm³/mol. The fourth-order valence-corrected chi connectivity index (χ4v) is 3.76. The van der Waals surface area contributed by atoms with Crippen LogP contribution in [0.4, 0.5) is 8.78 Å². The zero-order valence-corrected chi connectivity index (χ0v) is 14.5. The van der Waals surface area contributed by atoms with Crippen LogP contribution in [0.5, 0.6) is 0 Å². The van der Waals surface area contributed by atoms with E-state index < -0.39 is 17.5 Å². The number of carbonyl (C=O) groups is 1. The van der Waals surface area contributed by atoms with Gasteiger partial charge in [0.15, 0.2) is 10.6 Å². The second-order valence-corrected chi connectivity index (χ2v) is 6.67. The summed E-state index contributed by atoms with van der Waals surface area (Å²) in [4.78, 5) is 16.7. The van der Waals surface area contributed by atoms with Crippen LogP contribution in [0, 0.1) is 24.0 Å². The van der Waals surface area contributed by atoms with Crippen LogP contribution in [0.1, 0.15) is 10.4 Å². The lowest BCUT2D eigenvalue weighted by molar-refractivity contribution is 0.0997. The summed E-state index contributed by atoms with van der Waals surface area (Å²) in [6.45, 7) is 0.0185. The highest BCUT2D eigenvalue weighted by molar-refractivity contribution is 9.10. The minimum atomic E-state index is -0.744. The Kier molecular flexibility index (Phi) is 4.60. The Morgan fingerprint density at radius 3 is 2.79 bits per heavy atom. The highest BCUT2D eigenvalue weighted by Crippen LogP contribution is 2.23. The van der Waals surface area contributed by atoms with E-state index in [2.05, 4.69) is 26.8 Å². The van der Waals surface area contributed by atoms with Gasteiger partial charge in [0.05, 0.1) is 22.3 Å². The number of hydrogen-bond donors (Lipinski definition) is 0. The molecule has 7 heteroatoms. The molecule has 0 saturated carbocycles. The first-order chi connectivity index (χ1) is 11.5. The minimum absolute atomic E-state index is 0.0185. The van der Waals surface area contributed by atoms with Gasteiger partial charge in [0, 0.05) is 10.5 Å². The Bertz CT molecular complexity index is 1060. The molecule has 0 spiro atoms. The molecule has 0 aliphatic heterocycles. The molecule has 0 radical (unpaired) electrons. The van der Waals surface area contributed by atoms with E-state index in [4.69, 9.17) is 6.42 Å². The number of fused-ring (bicyclic) bond motifs is 1. The molecule has 0 saturated heterocycles. The molecule has 0 aliphatic rings. The minimum Gasteiger partial charge on any atom is -0.302 e. The van der Waals surface area contributed by atoms with Crippen molar-refractivity contribution in [2.24, 2.45) is 4.99 Å². The molecule has 24 heavy (non-hydrogen) atoms. The van der Waals surface area contributed by atoms with Crippen molar-refractivity contribution in [1.29, 1.82) is 0 Å². The van der Waals surface area contributed by atoms with Crippen LogP contribution in [0.3, 0.4) is 0 Å². The quantitative estimate of drug-likeness (QED) is 0.589. The molecule has 1 amide bonds. The van der Waals surface area contributed by atoms with Crippen LogP contribution in [-0.2, 0) is 6.54 Å². The molecule has 1 heterocycles. The van der Waals surface area contributed by atoms with E-state index in [1.165, 1.54) is 10.6 Å². The average Bonchev–Trinajstić information content (AvgIpc) is 2.85. The molecule has 120 valence electrons. The number of thiazole rings is 1. The van der Waals surface area contributed by atoms with Crippen molar-refractivity contribution in [3.8, 4) is 12.3 Å². The summed E-state index contributed by atoms with van der Waals surface area (Å²) in [5.41, 5.74) is 0.506. The Morgan fingerprint density at radius 1 is 1.33 bits per heavy atom. The topological polar surface area (TPSA) is 34.4 Å². The Morgan fingerprint density at radius 2 is 2.08 bits per heavy atom. The Hall–Kier alpha value is -2.30. The number of nitrogens with zero attached hydrogens (tertiary/aromatic N) is 2. The van der Waals surface area contributed by atoms with Crippen LogP contribution in [0.2, 0.25) is 0 Å². The van der Waals surface area contributed by atoms with Crippen molar-refractivity contribution in [1.82, 2.24) is 4.57 Å². The van der Waals surface area contributed by atoms with E-state index in [9.17, 15) is 13.6 Å². The molecular formula is C17H9BrF2N2OS. The molecule has 2 aromatic carbocycles. The van der Waals surface area contributed by atoms with Crippen LogP contribution in [0.25, 0.3) is 10.2 Å². The van der Waals surface area contributed by atoms with E-state index in [0.717, 1.165) is 17.4 Å². The van der Waals surface area contributed by atoms with E-state index in [1.54, 1.807) is 24.3 Å². The Balaban J connectivity index is 2.24. The normalized spacial score (nSPS) is 11.7. The molecule has 0 unspecified atom stereocenters. The van der Waals surface area contributed by atoms with Crippen molar-refractivity contribution in [3.05, 3.63) is 62.9 Å². The lowest BCUT2D eigenvalue weighted by Crippen LogP contribution is -2.17. The fourth-order valence-electron chi connectivity index (χ4n) is 2.23. The van der Waals surface area contributed by atoms with Crippen molar-refractivity contribution >= 4 is 43.4 Å². The molecule has 0 N–H and O–H groups in total. The number of benzene rings is 2. The number of terminal acetylenes is 1. The zero-order valence-electron chi connectivity index (χ0n) is 12.1. The molecule has 0 bridgehead atoms. The number of hydrogen-bond acceptors (Lipinski definition) is 2. The van der Waals surface area contributed by atoms with Crippen LogP contribution in [-0.4, -0.2) is 10.5 Å². The van der Waals surface area contributed by atoms with Gasteiger partial charge in [-0.15, -0.1) is 6.42 Å². The third-order valence-corrected chi connectivity index (χ3v) is 4.96. The summed E-state index contributed by atoms with van der Waals surface area (Å²) in [6, 6.07) is 8.80. The highest BCUT2D eigenvalue weighted by atomic mass is 79.9. The van der Waals surface area contributed by atoms with E-state index in [-0.39, 0.29) is 16.9 Å². The second kappa shape index (κ2) is 6.67. The van der Waals surface area contributed by atoms with Gasteiger partial charge in [-0.1, -0.05) is 29.4 Å². The van der Waals surface area contributed by atoms with Crippen molar-refractivity contribution in [2.75, 3.05) is 0 Å². The third-order valence-electron chi connectivity index (χ3n) is 3.25. The average molecular weight is 407 g/mol. The third kappa shape index (κ3) is 3.03. The smallest absolute Gasteiger partial charge is 0.280 e. The van der Waals surface area contributed by atoms with Gasteiger partial charge in [-0.25, -0.2) is 8.78 Å². The zero-order chi connectivity index (χ0) is 17.3. The lowest BCUT2D eigenvalue weighted by atomic mass is 10.2. The molecule has 0 fully saturated rings. The molecule has 1 aromatic heterocycles. The van der Waals surface area contributed by atoms with Gasteiger partial charge in [-0.05, 0) is 34.1 Å². The largest absolute Gasteiger partial charge is 0.302 e. The maximum Gasteiger partial charge on any atom is 0.280 e. The maximum absolute atomic E-state index is 14.1. The molecule has 3 aromatic rings. The van der Waals surface area contributed by atoms with Gasteiger partial charge in [-0.2, -0.15) is 4.99 Å². The van der Waals surface area contributed by atoms with Crippen molar-refractivity contribution in [3.63, 3.8) is 0 Å². The molecule has 0 aliphatic carbocycles. The summed E-state index contributed by atoms with van der Waals surface area (Å²) < 4.78 is 29.9. The number of aromatic nitrogens is 1. The van der Waals surface area contributed by atoms with Gasteiger partial charge in [-0.3, -0.25) is 4.79 Å². The maximum atomic E-state index is 14.1. The SMILES string of the molecule is C#CCn1c(=NC(=O)c2ccccc2Br)sc2cc(F)cc(F)c21. The van der Waals surface area contributed by atoms with Crippen LogP contribution in [0.15, 0.2) is 45.9 Å². The van der Waals surface area contributed by atoms with Gasteiger partial charge < -0.3 is 4.57 Å². The van der Waals surface area contributed by atoms with Gasteiger partial charge >= 0.3 is 0 Å². The van der Waals surface area contributed by atoms with Crippen LogP contribution >= 0.6 is 27.3 Å². The number of carbonyl (C=O) groups excluding carboxylic acids is 1. The van der Waals surface area contributed by atoms with E-state index in [0.29, 0.717) is 14.7 Å². The molecule has 0 atom stereocenters. The first-order valence-corrected chi connectivity index (χ1v) is 8.37. The van der Waals surface area contributed by atoms with Crippen LogP contribution < -0.4 is 4.80 Å². The molecule has 3 nitrogen and oxygen atoms in total. The standard InChI is InChI=1S/C17H9BrF2N2OS/c1-2-7-22-15-13(20)8-10(19)9-14(15)24-17(22)21-16(23)11-5-3-4-6-12(11)18/h1,3-6,8-9H,7H2. The first kappa shape index (κ1) is 16.6. The number of rotatable bonds is 2. The summed E-state index contributed by atoms with van der Waals surface area (Å²) in [7, 11) is 0. The van der Waals surface area contributed by atoms with Crippen molar-refractivity contribution in [2.45, 2.75) is 6.54 Å². The van der Waals surface area contributed by atoms with Gasteiger partial charge in [0.1, 0.15) is 5.82 Å². The highest BCUT2D eigenvalue weighted by Gasteiger charge is 2.14. The Labute approximate surface area is 148 Å². The predicted octanol–water partition coefficient (Wildman–Crippen LogP) is 4.12. The fraction of sp³-hybridized carbons (Fsp3) is 0.0588. The van der Waals surface area contributed by atoms with E-state index >= 15 is 0 Å². The number of halogens is 3. The molecular weight excluding hydrogens is 398 g/mol. The first-order valence-electron chi connectivity index (χ1n) is 6.76. The second-order valence-electron chi connectivity index (χ2n) is 4.81. The lowest BCUT2D eigenvalue weighted by Gasteiger charge is -2.01. The van der Waals surface area contributed by atoms with E-state index in [1.807, 2.05) is 0 Å².